The van der Waals surface area contributed by atoms with Crippen LogP contribution in [0.4, 0.5) is 0 Å². The van der Waals surface area contributed by atoms with Gasteiger partial charge in [-0.25, -0.2) is 0 Å². The highest BCUT2D eigenvalue weighted by atomic mass is 16.6. The molecule has 1 aliphatic heterocycles. The van der Waals surface area contributed by atoms with Gasteiger partial charge < -0.3 is 14.6 Å². The average molecular weight is 475 g/mol. The van der Waals surface area contributed by atoms with Crippen LogP contribution in [0.5, 0.6) is 0 Å². The van der Waals surface area contributed by atoms with E-state index >= 15 is 0 Å². The first-order chi connectivity index (χ1) is 16.0. The van der Waals surface area contributed by atoms with Crippen molar-refractivity contribution in [3.05, 3.63) is 24.3 Å². The number of hydrogen-bond donors (Lipinski definition) is 1. The van der Waals surface area contributed by atoms with Crippen molar-refractivity contribution in [2.45, 2.75) is 105 Å². The minimum Gasteiger partial charge on any atom is -0.462 e. The van der Waals surface area contributed by atoms with E-state index in [1.165, 1.54) is 0 Å². The molecular weight excluding hydrogens is 428 g/mol. The zero-order chi connectivity index (χ0) is 25.0. The fraction of sp³-hybridized carbons (Fsp3) is 0.793. The van der Waals surface area contributed by atoms with Gasteiger partial charge in [-0.15, -0.1) is 0 Å². The van der Waals surface area contributed by atoms with Crippen LogP contribution < -0.4 is 0 Å². The number of allylic oxidation sites excluding steroid dienone is 4. The fourth-order valence-electron chi connectivity index (χ4n) is 5.92. The van der Waals surface area contributed by atoms with Gasteiger partial charge in [0.2, 0.25) is 0 Å². The highest BCUT2D eigenvalue weighted by Gasteiger charge is 2.46. The molecule has 0 aromatic rings. The Bertz CT molecular complexity index is 766. The zero-order valence-corrected chi connectivity index (χ0v) is 22.0. The molecule has 3 aliphatic rings. The second kappa shape index (κ2) is 11.4. The smallest absolute Gasteiger partial charge is 0.311 e. The summed E-state index contributed by atoms with van der Waals surface area (Å²) in [6, 6.07) is 0. The summed E-state index contributed by atoms with van der Waals surface area (Å²) in [5.74, 6) is 1.87. The van der Waals surface area contributed by atoms with Gasteiger partial charge in [-0.1, -0.05) is 52.0 Å². The van der Waals surface area contributed by atoms with Crippen molar-refractivity contribution < 1.29 is 24.2 Å². The number of aliphatic hydroxyl groups is 1. The number of cyclic esters (lactones) is 1. The monoisotopic (exact) mass is 474 g/mol. The third kappa shape index (κ3) is 6.74. The summed E-state index contributed by atoms with van der Waals surface area (Å²) in [5, 5.41) is 10.0. The van der Waals surface area contributed by atoms with Gasteiger partial charge in [-0.3, -0.25) is 9.59 Å². The first-order valence-corrected chi connectivity index (χ1v) is 13.4. The van der Waals surface area contributed by atoms with Gasteiger partial charge in [0.15, 0.2) is 0 Å². The number of aliphatic hydroxyl groups excluding tert-OH is 1. The molecule has 1 unspecified atom stereocenters. The number of fused-ring (bicyclic) bond motifs is 1. The molecule has 1 N–H and O–H groups in total. The van der Waals surface area contributed by atoms with Crippen LogP contribution in [0, 0.1) is 40.9 Å². The van der Waals surface area contributed by atoms with Crippen molar-refractivity contribution in [2.75, 3.05) is 0 Å². The van der Waals surface area contributed by atoms with Gasteiger partial charge in [-0.05, 0) is 75.5 Å². The molecule has 192 valence electrons. The van der Waals surface area contributed by atoms with E-state index in [0.717, 1.165) is 32.1 Å². The molecule has 5 nitrogen and oxygen atoms in total. The molecule has 1 saturated heterocycles. The van der Waals surface area contributed by atoms with Crippen LogP contribution >= 0.6 is 0 Å². The lowest BCUT2D eigenvalue weighted by molar-refractivity contribution is -0.170. The average Bonchev–Trinajstić information content (AvgIpc) is 2.76. The van der Waals surface area contributed by atoms with E-state index in [2.05, 4.69) is 45.1 Å². The summed E-state index contributed by atoms with van der Waals surface area (Å²) in [6.45, 7) is 12.6. The lowest BCUT2D eigenvalue weighted by Gasteiger charge is -2.48. The van der Waals surface area contributed by atoms with Gasteiger partial charge in [0.1, 0.15) is 12.2 Å². The molecule has 5 heteroatoms. The Labute approximate surface area is 206 Å². The first-order valence-electron chi connectivity index (χ1n) is 13.4. The van der Waals surface area contributed by atoms with E-state index in [4.69, 9.17) is 9.47 Å². The summed E-state index contributed by atoms with van der Waals surface area (Å²) in [4.78, 5) is 24.9. The Morgan fingerprint density at radius 3 is 2.62 bits per heavy atom. The minimum atomic E-state index is -0.601. The minimum absolute atomic E-state index is 0.0975. The predicted octanol–water partition coefficient (Wildman–Crippen LogP) is 5.86. The van der Waals surface area contributed by atoms with E-state index < -0.39 is 11.5 Å². The normalized spacial score (nSPS) is 36.4. The number of hydrogen-bond acceptors (Lipinski definition) is 5. The van der Waals surface area contributed by atoms with Crippen LogP contribution in [-0.2, 0) is 19.1 Å². The third-order valence-electron chi connectivity index (χ3n) is 8.39. The summed E-state index contributed by atoms with van der Waals surface area (Å²) in [6.07, 6.45) is 13.3. The molecule has 1 saturated carbocycles. The van der Waals surface area contributed by atoms with Gasteiger partial charge >= 0.3 is 11.9 Å². The van der Waals surface area contributed by atoms with Gasteiger partial charge in [0.25, 0.3) is 0 Å². The maximum Gasteiger partial charge on any atom is 0.311 e. The molecule has 2 fully saturated rings. The van der Waals surface area contributed by atoms with Crippen molar-refractivity contribution in [3.63, 3.8) is 0 Å². The third-order valence-corrected chi connectivity index (χ3v) is 8.39. The summed E-state index contributed by atoms with van der Waals surface area (Å²) < 4.78 is 11.9. The van der Waals surface area contributed by atoms with Crippen LogP contribution in [0.3, 0.4) is 0 Å². The van der Waals surface area contributed by atoms with Gasteiger partial charge in [-0.2, -0.15) is 0 Å². The van der Waals surface area contributed by atoms with Crippen LogP contribution in [0.15, 0.2) is 24.3 Å². The molecule has 34 heavy (non-hydrogen) atoms. The Morgan fingerprint density at radius 1 is 1.24 bits per heavy atom. The Balaban J connectivity index is 1.80. The topological polar surface area (TPSA) is 72.8 Å². The molecule has 2 aliphatic carbocycles. The zero-order valence-electron chi connectivity index (χ0n) is 22.0. The molecule has 0 radical (unpaired) electrons. The van der Waals surface area contributed by atoms with Crippen molar-refractivity contribution in [3.8, 4) is 0 Å². The van der Waals surface area contributed by atoms with E-state index in [9.17, 15) is 14.7 Å². The number of carbonyl (C=O) groups excluding carboxylic acids is 2. The Morgan fingerprint density at radius 2 is 1.97 bits per heavy atom. The maximum atomic E-state index is 13.1. The molecular formula is C29H46O5. The van der Waals surface area contributed by atoms with Crippen LogP contribution in [0.25, 0.3) is 0 Å². The molecule has 0 amide bonds. The first kappa shape index (κ1) is 27.0. The second-order valence-electron chi connectivity index (χ2n) is 12.0. The predicted molar refractivity (Wildman–Crippen MR) is 134 cm³/mol. The van der Waals surface area contributed by atoms with E-state index in [0.29, 0.717) is 36.0 Å². The number of esters is 2. The standard InChI is InChI=1S/C29H46O5/c1-7-29(5,6)28(32)34-25-15-20(10-8-18(2)3)14-21-11-9-19(4)24(27(21)25)13-12-23-16-22(30)17-26(31)33-23/h8-11,18-25,27,30H,7,12-17H2,1-6H3/b10-8+/t19?,20-,21-,22+,23+,24-,25-,27-/m0/s1. The van der Waals surface area contributed by atoms with Crippen molar-refractivity contribution in [2.24, 2.45) is 40.9 Å². The van der Waals surface area contributed by atoms with Crippen molar-refractivity contribution in [1.29, 1.82) is 0 Å². The highest BCUT2D eigenvalue weighted by Crippen LogP contribution is 2.48. The molecule has 1 heterocycles. The fourth-order valence-corrected chi connectivity index (χ4v) is 5.92. The van der Waals surface area contributed by atoms with E-state index in [-0.39, 0.29) is 36.5 Å². The van der Waals surface area contributed by atoms with Crippen LogP contribution in [0.2, 0.25) is 0 Å². The summed E-state index contributed by atoms with van der Waals surface area (Å²) in [7, 11) is 0. The van der Waals surface area contributed by atoms with E-state index in [1.54, 1.807) is 0 Å². The maximum absolute atomic E-state index is 13.1. The quantitative estimate of drug-likeness (QED) is 0.352. The SMILES string of the molecule is CCC(C)(C)C(=O)O[C@H]1C[C@@H](/C=C/C(C)C)C[C@@H]2C=CC(C)[C@H](CC[C@@H]3C[C@@H](O)CC(=O)O3)[C@@H]12. The van der Waals surface area contributed by atoms with Gasteiger partial charge in [0, 0.05) is 12.3 Å². The van der Waals surface area contributed by atoms with Crippen LogP contribution in [-0.4, -0.2) is 35.4 Å². The Kier molecular flexibility index (Phi) is 9.05. The van der Waals surface area contributed by atoms with Crippen LogP contribution in [0.1, 0.15) is 86.5 Å². The van der Waals surface area contributed by atoms with Gasteiger partial charge in [0.05, 0.1) is 17.9 Å². The molecule has 0 bridgehead atoms. The van der Waals surface area contributed by atoms with E-state index in [1.807, 2.05) is 20.8 Å². The molecule has 3 rings (SSSR count). The number of ether oxygens (including phenoxy) is 2. The second-order valence-corrected chi connectivity index (χ2v) is 12.0. The molecule has 8 atom stereocenters. The largest absolute Gasteiger partial charge is 0.462 e. The molecule has 0 aromatic heterocycles. The highest BCUT2D eigenvalue weighted by molar-refractivity contribution is 5.76. The molecule has 0 aromatic carbocycles. The lowest BCUT2D eigenvalue weighted by atomic mass is 9.60. The summed E-state index contributed by atoms with van der Waals surface area (Å²) >= 11 is 0. The Hall–Kier alpha value is -1.62. The summed E-state index contributed by atoms with van der Waals surface area (Å²) in [5.41, 5.74) is -0.492. The number of carbonyl (C=O) groups is 2. The van der Waals surface area contributed by atoms with Crippen molar-refractivity contribution >= 4 is 11.9 Å². The molecule has 0 spiro atoms. The number of rotatable bonds is 8. The lowest BCUT2D eigenvalue weighted by Crippen LogP contribution is -2.47. The van der Waals surface area contributed by atoms with Crippen molar-refractivity contribution in [1.82, 2.24) is 0 Å².